The molecule has 0 aromatic rings. The van der Waals surface area contributed by atoms with Crippen molar-refractivity contribution >= 4 is 12.0 Å². The van der Waals surface area contributed by atoms with Gasteiger partial charge in [-0.3, -0.25) is 0 Å². The summed E-state index contributed by atoms with van der Waals surface area (Å²) < 4.78 is 0. The smallest absolute Gasteiger partial charge is 0.326 e. The van der Waals surface area contributed by atoms with E-state index in [4.69, 9.17) is 5.11 Å². The molecule has 0 spiro atoms. The molecule has 0 bridgehead atoms. The van der Waals surface area contributed by atoms with Crippen LogP contribution < -0.4 is 10.6 Å². The number of carboxylic acid groups (broad SMARTS) is 1. The Bertz CT molecular complexity index is 277. The summed E-state index contributed by atoms with van der Waals surface area (Å²) in [5, 5.41) is 14.3. The maximum absolute atomic E-state index is 11.5. The number of carbonyl (C=O) groups excluding carboxylic acids is 1. The van der Waals surface area contributed by atoms with Crippen molar-refractivity contribution in [1.82, 2.24) is 10.6 Å². The number of carbonyl (C=O) groups is 2. The Labute approximate surface area is 102 Å². The van der Waals surface area contributed by atoms with Gasteiger partial charge < -0.3 is 15.7 Å². The molecule has 0 saturated heterocycles. The summed E-state index contributed by atoms with van der Waals surface area (Å²) in [6.07, 6.45) is 4.28. The van der Waals surface area contributed by atoms with Crippen molar-refractivity contribution in [2.24, 2.45) is 11.8 Å². The van der Waals surface area contributed by atoms with E-state index in [1.165, 1.54) is 6.42 Å². The average molecular weight is 242 g/mol. The van der Waals surface area contributed by atoms with Crippen LogP contribution in [0.15, 0.2) is 0 Å². The highest BCUT2D eigenvalue weighted by atomic mass is 16.4. The summed E-state index contributed by atoms with van der Waals surface area (Å²) in [5.41, 5.74) is 0. The first-order valence-electron chi connectivity index (χ1n) is 6.31. The van der Waals surface area contributed by atoms with Crippen LogP contribution in [0.25, 0.3) is 0 Å². The predicted molar refractivity (Wildman–Crippen MR) is 64.8 cm³/mol. The van der Waals surface area contributed by atoms with E-state index in [-0.39, 0.29) is 11.9 Å². The lowest BCUT2D eigenvalue weighted by molar-refractivity contribution is -0.140. The zero-order valence-corrected chi connectivity index (χ0v) is 10.5. The van der Waals surface area contributed by atoms with Gasteiger partial charge in [-0.2, -0.15) is 0 Å². The number of urea groups is 1. The fourth-order valence-electron chi connectivity index (χ4n) is 1.81. The molecule has 0 heterocycles. The summed E-state index contributed by atoms with van der Waals surface area (Å²) in [5.74, 6) is -0.465. The Morgan fingerprint density at radius 1 is 1.41 bits per heavy atom. The van der Waals surface area contributed by atoms with Gasteiger partial charge >= 0.3 is 12.0 Å². The monoisotopic (exact) mass is 242 g/mol. The molecule has 2 amide bonds. The minimum absolute atomic E-state index is 0.0676. The third-order valence-electron chi connectivity index (χ3n) is 3.54. The van der Waals surface area contributed by atoms with Crippen molar-refractivity contribution in [2.45, 2.75) is 45.6 Å². The van der Waals surface area contributed by atoms with Crippen molar-refractivity contribution < 1.29 is 14.7 Å². The molecule has 1 fully saturated rings. The molecule has 0 aromatic heterocycles. The van der Waals surface area contributed by atoms with E-state index in [0.717, 1.165) is 19.3 Å². The zero-order valence-electron chi connectivity index (χ0n) is 10.5. The van der Waals surface area contributed by atoms with Crippen molar-refractivity contribution in [3.63, 3.8) is 0 Å². The van der Waals surface area contributed by atoms with E-state index in [9.17, 15) is 9.59 Å². The first kappa shape index (κ1) is 13.8. The summed E-state index contributed by atoms with van der Waals surface area (Å²) in [6, 6.07) is -1.18. The summed E-state index contributed by atoms with van der Waals surface area (Å²) in [4.78, 5) is 22.5. The highest BCUT2D eigenvalue weighted by Gasteiger charge is 2.25. The Morgan fingerprint density at radius 3 is 2.47 bits per heavy atom. The topological polar surface area (TPSA) is 78.4 Å². The fourth-order valence-corrected chi connectivity index (χ4v) is 1.81. The van der Waals surface area contributed by atoms with Gasteiger partial charge in [0.25, 0.3) is 0 Å². The molecular formula is C12H22N2O3. The molecule has 5 nitrogen and oxygen atoms in total. The molecule has 1 rings (SSSR count). The summed E-state index contributed by atoms with van der Waals surface area (Å²) in [6.45, 7) is 4.39. The second kappa shape index (κ2) is 6.47. The van der Waals surface area contributed by atoms with Crippen molar-refractivity contribution in [1.29, 1.82) is 0 Å². The summed E-state index contributed by atoms with van der Waals surface area (Å²) in [7, 11) is 0. The van der Waals surface area contributed by atoms with Crippen molar-refractivity contribution in [2.75, 3.05) is 6.54 Å². The number of amides is 2. The lowest BCUT2D eigenvalue weighted by Gasteiger charge is -2.26. The Balaban J connectivity index is 2.32. The molecule has 2 atom stereocenters. The van der Waals surface area contributed by atoms with Gasteiger partial charge in [0.2, 0.25) is 0 Å². The average Bonchev–Trinajstić information content (AvgIpc) is 2.22. The highest BCUT2D eigenvalue weighted by Crippen LogP contribution is 2.25. The van der Waals surface area contributed by atoms with Crippen LogP contribution in [-0.4, -0.2) is 29.7 Å². The lowest BCUT2D eigenvalue weighted by Crippen LogP contribution is -2.50. The van der Waals surface area contributed by atoms with Gasteiger partial charge in [-0.15, -0.1) is 0 Å². The van der Waals surface area contributed by atoms with E-state index < -0.39 is 12.0 Å². The van der Waals surface area contributed by atoms with Crippen LogP contribution >= 0.6 is 0 Å². The van der Waals surface area contributed by atoms with Crippen LogP contribution in [0.5, 0.6) is 0 Å². The second-order valence-electron chi connectivity index (χ2n) is 4.85. The predicted octanol–water partition coefficient (Wildman–Crippen LogP) is 1.59. The van der Waals surface area contributed by atoms with E-state index >= 15 is 0 Å². The molecule has 0 aromatic carbocycles. The van der Waals surface area contributed by atoms with Gasteiger partial charge in [0.15, 0.2) is 0 Å². The maximum Gasteiger partial charge on any atom is 0.326 e. The molecular weight excluding hydrogens is 220 g/mol. The molecule has 17 heavy (non-hydrogen) atoms. The first-order chi connectivity index (χ1) is 8.04. The Morgan fingerprint density at radius 2 is 2.06 bits per heavy atom. The van der Waals surface area contributed by atoms with E-state index in [2.05, 4.69) is 10.6 Å². The number of hydrogen-bond acceptors (Lipinski definition) is 2. The number of rotatable bonds is 6. The number of hydrogen-bond donors (Lipinski definition) is 3. The van der Waals surface area contributed by atoms with E-state index in [1.807, 2.05) is 13.8 Å². The molecule has 3 N–H and O–H groups in total. The van der Waals surface area contributed by atoms with Gasteiger partial charge in [0.1, 0.15) is 6.04 Å². The maximum atomic E-state index is 11.5. The first-order valence-corrected chi connectivity index (χ1v) is 6.31. The normalized spacial score (nSPS) is 18.9. The van der Waals surface area contributed by atoms with Crippen LogP contribution in [0.3, 0.4) is 0 Å². The van der Waals surface area contributed by atoms with E-state index in [1.54, 1.807) is 0 Å². The van der Waals surface area contributed by atoms with Gasteiger partial charge in [0, 0.05) is 6.54 Å². The van der Waals surface area contributed by atoms with Crippen molar-refractivity contribution in [3.05, 3.63) is 0 Å². The second-order valence-corrected chi connectivity index (χ2v) is 4.85. The number of carboxylic acids is 1. The SMILES string of the molecule is CCC(C)C(NC(=O)NCC1CCC1)C(=O)O. The third kappa shape index (κ3) is 4.24. The standard InChI is InChI=1S/C12H22N2O3/c1-3-8(2)10(11(15)16)14-12(17)13-7-9-5-4-6-9/h8-10H,3-7H2,1-2H3,(H,15,16)(H2,13,14,17). The molecule has 0 radical (unpaired) electrons. The van der Waals surface area contributed by atoms with Crippen LogP contribution in [0, 0.1) is 11.8 Å². The zero-order chi connectivity index (χ0) is 12.8. The molecule has 5 heteroatoms. The van der Waals surface area contributed by atoms with Crippen molar-refractivity contribution in [3.8, 4) is 0 Å². The fraction of sp³-hybridized carbons (Fsp3) is 0.833. The number of aliphatic carboxylic acids is 1. The van der Waals surface area contributed by atoms with Gasteiger partial charge in [-0.05, 0) is 24.7 Å². The third-order valence-corrected chi connectivity index (χ3v) is 3.54. The van der Waals surface area contributed by atoms with Gasteiger partial charge in [-0.25, -0.2) is 9.59 Å². The summed E-state index contributed by atoms with van der Waals surface area (Å²) >= 11 is 0. The lowest BCUT2D eigenvalue weighted by atomic mass is 9.85. The highest BCUT2D eigenvalue weighted by molar-refractivity contribution is 5.82. The Hall–Kier alpha value is -1.26. The minimum Gasteiger partial charge on any atom is -0.480 e. The minimum atomic E-state index is -0.974. The molecule has 1 aliphatic rings. The van der Waals surface area contributed by atoms with Crippen LogP contribution in [0.1, 0.15) is 39.5 Å². The van der Waals surface area contributed by atoms with Crippen LogP contribution in [0.4, 0.5) is 4.79 Å². The molecule has 1 saturated carbocycles. The number of nitrogens with one attached hydrogen (secondary N) is 2. The Kier molecular flexibility index (Phi) is 5.25. The molecule has 1 aliphatic carbocycles. The van der Waals surface area contributed by atoms with Crippen LogP contribution in [0.2, 0.25) is 0 Å². The van der Waals surface area contributed by atoms with Gasteiger partial charge in [-0.1, -0.05) is 26.7 Å². The molecule has 0 aliphatic heterocycles. The largest absolute Gasteiger partial charge is 0.480 e. The van der Waals surface area contributed by atoms with Gasteiger partial charge in [0.05, 0.1) is 0 Å². The molecule has 98 valence electrons. The molecule has 2 unspecified atom stereocenters. The quantitative estimate of drug-likeness (QED) is 0.661. The van der Waals surface area contributed by atoms with E-state index in [0.29, 0.717) is 12.5 Å². The van der Waals surface area contributed by atoms with Crippen LogP contribution in [-0.2, 0) is 4.79 Å².